The van der Waals surface area contributed by atoms with E-state index in [4.69, 9.17) is 5.11 Å². The summed E-state index contributed by atoms with van der Waals surface area (Å²) in [4.78, 5) is 24.0. The highest BCUT2D eigenvalue weighted by atomic mass is 19.1. The molecule has 1 aromatic carbocycles. The zero-order chi connectivity index (χ0) is 14.5. The number of carboxylic acids is 1. The van der Waals surface area contributed by atoms with Crippen LogP contribution in [0.2, 0.25) is 0 Å². The molecule has 0 saturated heterocycles. The molecule has 6 heteroatoms. The van der Waals surface area contributed by atoms with Gasteiger partial charge in [0.2, 0.25) is 5.91 Å². The lowest BCUT2D eigenvalue weighted by molar-refractivity contribution is -0.138. The Labute approximate surface area is 116 Å². The average molecular weight is 280 g/mol. The molecular formula is C14H17FN2O3. The van der Waals surface area contributed by atoms with Crippen molar-refractivity contribution in [2.24, 2.45) is 0 Å². The van der Waals surface area contributed by atoms with Crippen LogP contribution < -0.4 is 5.32 Å². The van der Waals surface area contributed by atoms with Crippen LogP contribution in [0.4, 0.5) is 4.39 Å². The molecule has 1 saturated carbocycles. The van der Waals surface area contributed by atoms with E-state index in [1.165, 1.54) is 12.1 Å². The minimum absolute atomic E-state index is 0.133. The monoisotopic (exact) mass is 280 g/mol. The molecule has 2 rings (SSSR count). The molecule has 0 bridgehead atoms. The highest BCUT2D eigenvalue weighted by Gasteiger charge is 2.30. The number of carbonyl (C=O) groups excluding carboxylic acids is 1. The molecule has 0 unspecified atom stereocenters. The zero-order valence-electron chi connectivity index (χ0n) is 11.0. The number of hydrogen-bond acceptors (Lipinski definition) is 3. The van der Waals surface area contributed by atoms with Crippen LogP contribution in [0.15, 0.2) is 24.3 Å². The second kappa shape index (κ2) is 6.47. The Balaban J connectivity index is 1.90. The van der Waals surface area contributed by atoms with E-state index in [9.17, 15) is 14.0 Å². The Morgan fingerprint density at radius 3 is 2.75 bits per heavy atom. The number of benzene rings is 1. The number of hydrogen-bond donors (Lipinski definition) is 2. The molecular weight excluding hydrogens is 263 g/mol. The smallest absolute Gasteiger partial charge is 0.322 e. The summed E-state index contributed by atoms with van der Waals surface area (Å²) < 4.78 is 13.1. The van der Waals surface area contributed by atoms with Crippen LogP contribution in [0.3, 0.4) is 0 Å². The van der Waals surface area contributed by atoms with Crippen LogP contribution >= 0.6 is 0 Å². The number of rotatable bonds is 7. The lowest BCUT2D eigenvalue weighted by Gasteiger charge is -2.21. The van der Waals surface area contributed by atoms with Crippen molar-refractivity contribution in [3.63, 3.8) is 0 Å². The van der Waals surface area contributed by atoms with Gasteiger partial charge in [-0.2, -0.15) is 0 Å². The van der Waals surface area contributed by atoms with E-state index in [0.717, 1.165) is 18.4 Å². The van der Waals surface area contributed by atoms with Crippen LogP contribution in [-0.4, -0.2) is 41.0 Å². The maximum atomic E-state index is 13.1. The molecule has 0 aliphatic heterocycles. The summed E-state index contributed by atoms with van der Waals surface area (Å²) in [5.74, 6) is -1.69. The molecule has 1 fully saturated rings. The van der Waals surface area contributed by atoms with Gasteiger partial charge in [-0.05, 0) is 30.5 Å². The molecule has 5 nitrogen and oxygen atoms in total. The largest absolute Gasteiger partial charge is 0.480 e. The quantitative estimate of drug-likeness (QED) is 0.781. The van der Waals surface area contributed by atoms with Gasteiger partial charge in [0.15, 0.2) is 0 Å². The van der Waals surface area contributed by atoms with E-state index >= 15 is 0 Å². The molecule has 2 N–H and O–H groups in total. The summed E-state index contributed by atoms with van der Waals surface area (Å²) in [6, 6.07) is 6.61. The summed E-state index contributed by atoms with van der Waals surface area (Å²) in [7, 11) is 0. The van der Waals surface area contributed by atoms with E-state index in [2.05, 4.69) is 5.32 Å². The summed E-state index contributed by atoms with van der Waals surface area (Å²) in [5, 5.41) is 10.9. The third kappa shape index (κ3) is 4.62. The van der Waals surface area contributed by atoms with E-state index in [-0.39, 0.29) is 24.8 Å². The number of nitrogens with zero attached hydrogens (tertiary/aromatic N) is 1. The van der Waals surface area contributed by atoms with E-state index < -0.39 is 5.97 Å². The second-order valence-electron chi connectivity index (χ2n) is 4.94. The van der Waals surface area contributed by atoms with Gasteiger partial charge in [0.05, 0.1) is 6.54 Å². The first-order valence-electron chi connectivity index (χ1n) is 6.51. The predicted molar refractivity (Wildman–Crippen MR) is 70.5 cm³/mol. The Kier molecular flexibility index (Phi) is 4.68. The van der Waals surface area contributed by atoms with Crippen LogP contribution in [0.25, 0.3) is 0 Å². The molecule has 1 aromatic rings. The Hall–Kier alpha value is -1.95. The fraction of sp³-hybridized carbons (Fsp3) is 0.429. The summed E-state index contributed by atoms with van der Waals surface area (Å²) in [6.07, 6.45) is 2.03. The lowest BCUT2D eigenvalue weighted by atomic mass is 10.2. The number of halogens is 1. The van der Waals surface area contributed by atoms with Crippen molar-refractivity contribution in [1.29, 1.82) is 0 Å². The highest BCUT2D eigenvalue weighted by Crippen LogP contribution is 2.28. The van der Waals surface area contributed by atoms with Crippen molar-refractivity contribution in [3.8, 4) is 0 Å². The van der Waals surface area contributed by atoms with Crippen LogP contribution in [0.5, 0.6) is 0 Å². The van der Waals surface area contributed by atoms with Crippen molar-refractivity contribution >= 4 is 11.9 Å². The fourth-order valence-corrected chi connectivity index (χ4v) is 2.04. The van der Waals surface area contributed by atoms with Crippen molar-refractivity contribution < 1.29 is 19.1 Å². The minimum Gasteiger partial charge on any atom is -0.480 e. The summed E-state index contributed by atoms with van der Waals surface area (Å²) >= 11 is 0. The van der Waals surface area contributed by atoms with Gasteiger partial charge in [0.25, 0.3) is 0 Å². The van der Waals surface area contributed by atoms with Crippen LogP contribution in [0.1, 0.15) is 18.4 Å². The van der Waals surface area contributed by atoms with Crippen molar-refractivity contribution in [2.75, 3.05) is 13.1 Å². The lowest BCUT2D eigenvalue weighted by Crippen LogP contribution is -2.40. The zero-order valence-corrected chi connectivity index (χ0v) is 11.0. The Morgan fingerprint density at radius 1 is 1.40 bits per heavy atom. The average Bonchev–Trinajstić information content (AvgIpc) is 3.20. The topological polar surface area (TPSA) is 69.6 Å². The van der Waals surface area contributed by atoms with Crippen molar-refractivity contribution in [3.05, 3.63) is 35.6 Å². The van der Waals surface area contributed by atoms with Gasteiger partial charge in [-0.15, -0.1) is 0 Å². The van der Waals surface area contributed by atoms with Crippen LogP contribution in [0, 0.1) is 5.82 Å². The molecule has 0 spiro atoms. The maximum Gasteiger partial charge on any atom is 0.322 e. The van der Waals surface area contributed by atoms with Crippen LogP contribution in [-0.2, 0) is 16.1 Å². The third-order valence-electron chi connectivity index (χ3n) is 3.12. The molecule has 1 amide bonds. The first-order chi connectivity index (χ1) is 9.54. The van der Waals surface area contributed by atoms with Gasteiger partial charge in [0, 0.05) is 12.6 Å². The van der Waals surface area contributed by atoms with Gasteiger partial charge in [-0.25, -0.2) is 4.39 Å². The normalized spacial score (nSPS) is 14.3. The molecule has 0 heterocycles. The SMILES string of the molecule is O=C(O)CNC(=O)CN(Cc1cccc(F)c1)C1CC1. The Bertz CT molecular complexity index is 503. The Morgan fingerprint density at radius 2 is 2.15 bits per heavy atom. The molecule has 20 heavy (non-hydrogen) atoms. The first kappa shape index (κ1) is 14.5. The number of nitrogens with one attached hydrogen (secondary N) is 1. The summed E-state index contributed by atoms with van der Waals surface area (Å²) in [5.41, 5.74) is 0.808. The third-order valence-corrected chi connectivity index (χ3v) is 3.12. The van der Waals surface area contributed by atoms with Gasteiger partial charge in [-0.1, -0.05) is 12.1 Å². The predicted octanol–water partition coefficient (Wildman–Crippen LogP) is 0.991. The van der Waals surface area contributed by atoms with Crippen molar-refractivity contribution in [2.45, 2.75) is 25.4 Å². The van der Waals surface area contributed by atoms with E-state index in [1.54, 1.807) is 6.07 Å². The van der Waals surface area contributed by atoms with Gasteiger partial charge >= 0.3 is 5.97 Å². The van der Waals surface area contributed by atoms with Gasteiger partial charge in [-0.3, -0.25) is 14.5 Å². The van der Waals surface area contributed by atoms with Gasteiger partial charge in [0.1, 0.15) is 12.4 Å². The minimum atomic E-state index is -1.07. The number of carboxylic acid groups (broad SMARTS) is 1. The highest BCUT2D eigenvalue weighted by molar-refractivity contribution is 5.82. The van der Waals surface area contributed by atoms with E-state index in [0.29, 0.717) is 12.6 Å². The molecule has 1 aliphatic rings. The second-order valence-corrected chi connectivity index (χ2v) is 4.94. The maximum absolute atomic E-state index is 13.1. The molecule has 0 aromatic heterocycles. The summed E-state index contributed by atoms with van der Waals surface area (Å²) in [6.45, 7) is 0.245. The van der Waals surface area contributed by atoms with E-state index in [1.807, 2.05) is 11.0 Å². The fourth-order valence-electron chi connectivity index (χ4n) is 2.04. The number of aliphatic carboxylic acids is 1. The molecule has 0 atom stereocenters. The first-order valence-corrected chi connectivity index (χ1v) is 6.51. The molecule has 108 valence electrons. The molecule has 1 aliphatic carbocycles. The number of carbonyl (C=O) groups is 2. The van der Waals surface area contributed by atoms with Gasteiger partial charge < -0.3 is 10.4 Å². The van der Waals surface area contributed by atoms with Crippen molar-refractivity contribution in [1.82, 2.24) is 10.2 Å². The standard InChI is InChI=1S/C14H17FN2O3/c15-11-3-1-2-10(6-11)8-17(12-4-5-12)9-13(18)16-7-14(19)20/h1-3,6,12H,4-5,7-9H2,(H,16,18)(H,19,20). The molecule has 0 radical (unpaired) electrons. The number of amides is 1.